The first-order chi connectivity index (χ1) is 25.1. The van der Waals surface area contributed by atoms with Gasteiger partial charge < -0.3 is 24.8 Å². The van der Waals surface area contributed by atoms with Crippen molar-refractivity contribution in [3.05, 3.63) is 144 Å². The van der Waals surface area contributed by atoms with Crippen molar-refractivity contribution in [3.63, 3.8) is 0 Å². The van der Waals surface area contributed by atoms with Gasteiger partial charge in [0.25, 0.3) is 0 Å². The molecular formula is C39H28F4N4O5. The molecule has 0 bridgehead atoms. The Kier molecular flexibility index (Phi) is 10.4. The molecule has 6 rings (SSSR count). The summed E-state index contributed by atoms with van der Waals surface area (Å²) in [5.74, 6) is -6.02. The van der Waals surface area contributed by atoms with Crippen LogP contribution in [0.1, 0.15) is 27.6 Å². The summed E-state index contributed by atoms with van der Waals surface area (Å²) < 4.78 is 76.9. The SMILES string of the molecule is CCOc1cccc(-c2cc(F)c(Nc3ncccc3C(=O)OC(=O)c3cccnc3Nc3c(F)cc(-c4cccc(OC)c4)cc3F)c(F)c2)c1. The first-order valence-electron chi connectivity index (χ1n) is 15.7. The number of hydrogen-bond donors (Lipinski definition) is 2. The fourth-order valence-electron chi connectivity index (χ4n) is 5.22. The van der Waals surface area contributed by atoms with Gasteiger partial charge in [-0.25, -0.2) is 37.1 Å². The number of carbonyl (C=O) groups is 2. The second kappa shape index (κ2) is 15.4. The lowest BCUT2D eigenvalue weighted by Crippen LogP contribution is -2.17. The van der Waals surface area contributed by atoms with Gasteiger partial charge in [0.15, 0.2) is 0 Å². The average molecular weight is 709 g/mol. The summed E-state index contributed by atoms with van der Waals surface area (Å²) in [6, 6.07) is 22.9. The van der Waals surface area contributed by atoms with Gasteiger partial charge in [-0.2, -0.15) is 0 Å². The van der Waals surface area contributed by atoms with Gasteiger partial charge in [0.1, 0.15) is 68.9 Å². The van der Waals surface area contributed by atoms with Crippen molar-refractivity contribution in [2.75, 3.05) is 24.4 Å². The standard InChI is InChI=1S/C39H28F4N4O5/c1-3-51-27-11-5-9-23(17-27)25-20-32(42)35(33(43)21-25)47-37-29(13-7-15-45-37)39(49)52-38(48)28-12-6-14-44-36(28)46-34-30(40)18-24(19-31(34)41)22-8-4-10-26(16-22)50-2/h4-21H,3H2,1-2H3,(H,44,46)(H,45,47). The molecule has 2 aromatic heterocycles. The lowest BCUT2D eigenvalue weighted by molar-refractivity contribution is 0.0398. The molecule has 52 heavy (non-hydrogen) atoms. The molecule has 0 atom stereocenters. The lowest BCUT2D eigenvalue weighted by atomic mass is 10.0. The molecular weight excluding hydrogens is 680 g/mol. The van der Waals surface area contributed by atoms with Gasteiger partial charge >= 0.3 is 11.9 Å². The molecule has 0 amide bonds. The molecule has 0 radical (unpaired) electrons. The van der Waals surface area contributed by atoms with E-state index in [1.807, 2.05) is 6.92 Å². The number of pyridine rings is 2. The number of nitrogens with one attached hydrogen (secondary N) is 2. The Morgan fingerprint density at radius 1 is 0.596 bits per heavy atom. The number of anilines is 4. The zero-order valence-corrected chi connectivity index (χ0v) is 27.5. The second-order valence-electron chi connectivity index (χ2n) is 11.0. The summed E-state index contributed by atoms with van der Waals surface area (Å²) in [6.07, 6.45) is 2.52. The summed E-state index contributed by atoms with van der Waals surface area (Å²) in [5, 5.41) is 4.95. The highest BCUT2D eigenvalue weighted by molar-refractivity contribution is 6.07. The molecule has 0 spiro atoms. The number of carbonyl (C=O) groups excluding carboxylic acids is 2. The van der Waals surface area contributed by atoms with Crippen LogP contribution in [0.4, 0.5) is 40.6 Å². The van der Waals surface area contributed by atoms with E-state index in [-0.39, 0.29) is 33.9 Å². The number of rotatable bonds is 11. The van der Waals surface area contributed by atoms with Gasteiger partial charge in [-0.05, 0) is 102 Å². The van der Waals surface area contributed by atoms with Crippen molar-refractivity contribution in [1.82, 2.24) is 9.97 Å². The maximum atomic E-state index is 15.3. The van der Waals surface area contributed by atoms with Crippen LogP contribution in [0.15, 0.2) is 109 Å². The monoisotopic (exact) mass is 708 g/mol. The van der Waals surface area contributed by atoms with Crippen molar-refractivity contribution in [2.45, 2.75) is 6.92 Å². The molecule has 0 unspecified atom stereocenters. The van der Waals surface area contributed by atoms with Gasteiger partial charge in [-0.3, -0.25) is 0 Å². The minimum absolute atomic E-state index is 0.231. The van der Waals surface area contributed by atoms with Crippen LogP contribution < -0.4 is 20.1 Å². The van der Waals surface area contributed by atoms with Crippen LogP contribution in [0.3, 0.4) is 0 Å². The fraction of sp³-hybridized carbons (Fsp3) is 0.0769. The van der Waals surface area contributed by atoms with Gasteiger partial charge in [-0.1, -0.05) is 24.3 Å². The molecule has 0 aliphatic carbocycles. The third kappa shape index (κ3) is 7.68. The molecule has 0 fully saturated rings. The maximum Gasteiger partial charge on any atom is 0.349 e. The van der Waals surface area contributed by atoms with Crippen LogP contribution in [0.5, 0.6) is 11.5 Å². The van der Waals surface area contributed by atoms with Crippen LogP contribution in [0, 0.1) is 23.3 Å². The zero-order chi connectivity index (χ0) is 36.8. The van der Waals surface area contributed by atoms with E-state index in [2.05, 4.69) is 20.6 Å². The molecule has 0 aliphatic rings. The van der Waals surface area contributed by atoms with E-state index in [9.17, 15) is 9.59 Å². The Bertz CT molecular complexity index is 2260. The van der Waals surface area contributed by atoms with Crippen LogP contribution in [0.25, 0.3) is 22.3 Å². The van der Waals surface area contributed by atoms with E-state index in [0.717, 1.165) is 24.3 Å². The van der Waals surface area contributed by atoms with E-state index >= 15 is 17.6 Å². The Labute approximate surface area is 294 Å². The molecule has 262 valence electrons. The predicted octanol–water partition coefficient (Wildman–Crippen LogP) is 9.26. The molecule has 0 saturated carbocycles. The highest BCUT2D eigenvalue weighted by Gasteiger charge is 2.24. The summed E-state index contributed by atoms with van der Waals surface area (Å²) >= 11 is 0. The maximum absolute atomic E-state index is 15.3. The van der Waals surface area contributed by atoms with Crippen molar-refractivity contribution in [3.8, 4) is 33.8 Å². The van der Waals surface area contributed by atoms with Crippen molar-refractivity contribution in [2.24, 2.45) is 0 Å². The summed E-state index contributed by atoms with van der Waals surface area (Å²) in [7, 11) is 1.47. The first kappa shape index (κ1) is 35.1. The smallest absolute Gasteiger partial charge is 0.349 e. The van der Waals surface area contributed by atoms with Crippen LogP contribution in [-0.2, 0) is 4.74 Å². The van der Waals surface area contributed by atoms with Gasteiger partial charge in [0.2, 0.25) is 0 Å². The Hall–Kier alpha value is -6.76. The predicted molar refractivity (Wildman–Crippen MR) is 186 cm³/mol. The molecule has 2 heterocycles. The van der Waals surface area contributed by atoms with Crippen LogP contribution >= 0.6 is 0 Å². The highest BCUT2D eigenvalue weighted by atomic mass is 19.1. The molecule has 13 heteroatoms. The Morgan fingerprint density at radius 3 is 1.48 bits per heavy atom. The van der Waals surface area contributed by atoms with Gasteiger partial charge in [0.05, 0.1) is 13.7 Å². The summed E-state index contributed by atoms with van der Waals surface area (Å²) in [6.45, 7) is 2.23. The topological polar surface area (TPSA) is 112 Å². The largest absolute Gasteiger partial charge is 0.497 e. The molecule has 6 aromatic rings. The van der Waals surface area contributed by atoms with Crippen LogP contribution in [0.2, 0.25) is 0 Å². The van der Waals surface area contributed by atoms with E-state index in [1.54, 1.807) is 48.5 Å². The molecule has 0 aliphatic heterocycles. The number of ether oxygens (including phenoxy) is 3. The van der Waals surface area contributed by atoms with Crippen molar-refractivity contribution in [1.29, 1.82) is 0 Å². The Morgan fingerprint density at radius 2 is 1.04 bits per heavy atom. The molecule has 2 N–H and O–H groups in total. The third-order valence-electron chi connectivity index (χ3n) is 7.69. The van der Waals surface area contributed by atoms with Crippen molar-refractivity contribution < 1.29 is 41.4 Å². The van der Waals surface area contributed by atoms with E-state index in [1.165, 1.54) is 43.8 Å². The molecule has 0 saturated heterocycles. The number of benzene rings is 4. The lowest BCUT2D eigenvalue weighted by Gasteiger charge is -2.14. The van der Waals surface area contributed by atoms with E-state index < -0.39 is 46.6 Å². The minimum Gasteiger partial charge on any atom is -0.497 e. The van der Waals surface area contributed by atoms with Gasteiger partial charge in [0, 0.05) is 12.4 Å². The number of aromatic nitrogens is 2. The summed E-state index contributed by atoms with van der Waals surface area (Å²) in [5.41, 5.74) is -0.421. The number of nitrogens with zero attached hydrogens (tertiary/aromatic N) is 2. The van der Waals surface area contributed by atoms with Crippen molar-refractivity contribution >= 4 is 34.9 Å². The number of esters is 2. The van der Waals surface area contributed by atoms with E-state index in [4.69, 9.17) is 14.2 Å². The van der Waals surface area contributed by atoms with Crippen LogP contribution in [-0.4, -0.2) is 35.6 Å². The van der Waals surface area contributed by atoms with E-state index in [0.29, 0.717) is 29.2 Å². The number of hydrogen-bond acceptors (Lipinski definition) is 9. The number of halogens is 4. The fourth-order valence-corrected chi connectivity index (χ4v) is 5.22. The summed E-state index contributed by atoms with van der Waals surface area (Å²) in [4.78, 5) is 34.5. The number of methoxy groups -OCH3 is 1. The molecule has 4 aromatic carbocycles. The van der Waals surface area contributed by atoms with Gasteiger partial charge in [-0.15, -0.1) is 0 Å². The third-order valence-corrected chi connectivity index (χ3v) is 7.69. The minimum atomic E-state index is -1.24. The normalized spacial score (nSPS) is 10.7. The Balaban J connectivity index is 1.21. The highest BCUT2D eigenvalue weighted by Crippen LogP contribution is 2.33. The average Bonchev–Trinajstić information content (AvgIpc) is 3.15. The second-order valence-corrected chi connectivity index (χ2v) is 11.0. The first-order valence-corrected chi connectivity index (χ1v) is 15.7. The zero-order valence-electron chi connectivity index (χ0n) is 27.5. The molecule has 9 nitrogen and oxygen atoms in total. The quantitative estimate of drug-likeness (QED) is 0.0773.